The molecule has 0 aromatic carbocycles. The molecule has 16 heavy (non-hydrogen) atoms. The van der Waals surface area contributed by atoms with Gasteiger partial charge in [-0.05, 0) is 52.0 Å². The number of hydrogen-bond donors (Lipinski definition) is 1. The summed E-state index contributed by atoms with van der Waals surface area (Å²) >= 11 is 0. The first-order chi connectivity index (χ1) is 7.39. The lowest BCUT2D eigenvalue weighted by atomic mass is 9.84. The number of carboxylic acids is 1. The molecule has 0 spiro atoms. The fourth-order valence-corrected chi connectivity index (χ4v) is 2.79. The molecule has 0 amide bonds. The zero-order chi connectivity index (χ0) is 12.3. The van der Waals surface area contributed by atoms with Crippen LogP contribution in [0.2, 0.25) is 0 Å². The maximum absolute atomic E-state index is 11.3. The van der Waals surface area contributed by atoms with E-state index < -0.39 is 11.5 Å². The summed E-state index contributed by atoms with van der Waals surface area (Å²) in [7, 11) is 0. The van der Waals surface area contributed by atoms with E-state index >= 15 is 0 Å². The van der Waals surface area contributed by atoms with Gasteiger partial charge in [-0.25, -0.2) is 0 Å². The average Bonchev–Trinajstić information content (AvgIpc) is 2.21. The van der Waals surface area contributed by atoms with Crippen molar-refractivity contribution < 1.29 is 9.90 Å². The van der Waals surface area contributed by atoms with Gasteiger partial charge in [0.25, 0.3) is 0 Å². The first-order valence-electron chi connectivity index (χ1n) is 6.39. The summed E-state index contributed by atoms with van der Waals surface area (Å²) < 4.78 is 0. The molecule has 0 aliphatic heterocycles. The molecule has 3 heteroatoms. The summed E-state index contributed by atoms with van der Waals surface area (Å²) in [6.45, 7) is 8.80. The second-order valence-corrected chi connectivity index (χ2v) is 5.56. The Bertz CT molecular complexity index is 242. The van der Waals surface area contributed by atoms with Crippen molar-refractivity contribution in [2.45, 2.75) is 65.0 Å². The fourth-order valence-electron chi connectivity index (χ4n) is 2.79. The quantitative estimate of drug-likeness (QED) is 0.803. The summed E-state index contributed by atoms with van der Waals surface area (Å²) in [6, 6.07) is 0.451. The second kappa shape index (κ2) is 5.17. The summed E-state index contributed by atoms with van der Waals surface area (Å²) in [5.41, 5.74) is -0.736. The van der Waals surface area contributed by atoms with Crippen LogP contribution in [0.3, 0.4) is 0 Å². The molecule has 0 aromatic heterocycles. The minimum Gasteiger partial charge on any atom is -0.480 e. The van der Waals surface area contributed by atoms with Gasteiger partial charge in [0.05, 0.1) is 0 Å². The van der Waals surface area contributed by atoms with E-state index in [4.69, 9.17) is 0 Å². The van der Waals surface area contributed by atoms with Crippen molar-refractivity contribution in [1.82, 2.24) is 4.90 Å². The van der Waals surface area contributed by atoms with E-state index in [2.05, 4.69) is 18.7 Å². The third kappa shape index (κ3) is 2.76. The van der Waals surface area contributed by atoms with E-state index in [9.17, 15) is 9.90 Å². The van der Waals surface area contributed by atoms with Gasteiger partial charge in [0, 0.05) is 6.04 Å². The van der Waals surface area contributed by atoms with E-state index in [-0.39, 0.29) is 0 Å². The van der Waals surface area contributed by atoms with Crippen LogP contribution in [0.4, 0.5) is 0 Å². The maximum atomic E-state index is 11.3. The lowest BCUT2D eigenvalue weighted by Crippen LogP contribution is -2.55. The number of carboxylic acid groups (broad SMARTS) is 1. The van der Waals surface area contributed by atoms with Crippen LogP contribution < -0.4 is 0 Å². The largest absolute Gasteiger partial charge is 0.480 e. The number of aliphatic carboxylic acids is 1. The Morgan fingerprint density at radius 2 is 1.81 bits per heavy atom. The lowest BCUT2D eigenvalue weighted by molar-refractivity contribution is -0.151. The van der Waals surface area contributed by atoms with E-state index in [1.54, 1.807) is 0 Å². The molecule has 94 valence electrons. The minimum absolute atomic E-state index is 0.451. The standard InChI is InChI=1S/C13H25NO2/c1-5-14(13(3,4)12(15)16)11-8-6-10(2)7-9-11/h10-11H,5-9H2,1-4H3,(H,15,16). The van der Waals surface area contributed by atoms with Crippen LogP contribution in [0.1, 0.15) is 53.4 Å². The number of hydrogen-bond acceptors (Lipinski definition) is 2. The van der Waals surface area contributed by atoms with Gasteiger partial charge in [-0.2, -0.15) is 0 Å². The molecule has 0 aromatic rings. The second-order valence-electron chi connectivity index (χ2n) is 5.56. The van der Waals surface area contributed by atoms with Crippen LogP contribution in [0.5, 0.6) is 0 Å². The molecule has 0 bridgehead atoms. The van der Waals surface area contributed by atoms with E-state index in [0.29, 0.717) is 6.04 Å². The molecule has 0 heterocycles. The van der Waals surface area contributed by atoms with Crippen LogP contribution in [0.15, 0.2) is 0 Å². The van der Waals surface area contributed by atoms with Gasteiger partial charge in [-0.15, -0.1) is 0 Å². The van der Waals surface area contributed by atoms with Gasteiger partial charge in [0.2, 0.25) is 0 Å². The van der Waals surface area contributed by atoms with Crippen molar-refractivity contribution in [2.24, 2.45) is 5.92 Å². The van der Waals surface area contributed by atoms with Crippen molar-refractivity contribution in [3.63, 3.8) is 0 Å². The molecule has 1 saturated carbocycles. The van der Waals surface area contributed by atoms with Crippen molar-refractivity contribution in [2.75, 3.05) is 6.54 Å². The highest BCUT2D eigenvalue weighted by Crippen LogP contribution is 2.31. The summed E-state index contributed by atoms with van der Waals surface area (Å²) in [6.07, 6.45) is 4.76. The van der Waals surface area contributed by atoms with Crippen LogP contribution in [-0.2, 0) is 4.79 Å². The molecular weight excluding hydrogens is 202 g/mol. The minimum atomic E-state index is -0.736. The van der Waals surface area contributed by atoms with Crippen molar-refractivity contribution in [1.29, 1.82) is 0 Å². The summed E-state index contributed by atoms with van der Waals surface area (Å²) in [4.78, 5) is 13.4. The SMILES string of the molecule is CCN(C1CCC(C)CC1)C(C)(C)C(=O)O. The van der Waals surface area contributed by atoms with Crippen LogP contribution in [0.25, 0.3) is 0 Å². The average molecular weight is 227 g/mol. The maximum Gasteiger partial charge on any atom is 0.323 e. The number of rotatable bonds is 4. The Labute approximate surface area is 98.8 Å². The van der Waals surface area contributed by atoms with Crippen molar-refractivity contribution in [3.8, 4) is 0 Å². The summed E-state index contributed by atoms with van der Waals surface area (Å²) in [5.74, 6) is 0.0934. The van der Waals surface area contributed by atoms with Gasteiger partial charge in [-0.3, -0.25) is 9.69 Å². The highest BCUT2D eigenvalue weighted by atomic mass is 16.4. The highest BCUT2D eigenvalue weighted by molar-refractivity contribution is 5.77. The zero-order valence-electron chi connectivity index (χ0n) is 11.0. The number of carbonyl (C=O) groups is 1. The Kier molecular flexibility index (Phi) is 4.36. The first-order valence-corrected chi connectivity index (χ1v) is 6.39. The van der Waals surface area contributed by atoms with Gasteiger partial charge < -0.3 is 5.11 Å². The normalized spacial score (nSPS) is 27.1. The van der Waals surface area contributed by atoms with E-state index in [1.165, 1.54) is 12.8 Å². The van der Waals surface area contributed by atoms with Crippen molar-refractivity contribution >= 4 is 5.97 Å². The Hall–Kier alpha value is -0.570. The highest BCUT2D eigenvalue weighted by Gasteiger charge is 2.38. The Morgan fingerprint density at radius 1 is 1.31 bits per heavy atom. The molecule has 1 N–H and O–H groups in total. The molecule has 0 radical (unpaired) electrons. The van der Waals surface area contributed by atoms with Crippen molar-refractivity contribution in [3.05, 3.63) is 0 Å². The van der Waals surface area contributed by atoms with Gasteiger partial charge in [0.1, 0.15) is 5.54 Å². The molecule has 3 nitrogen and oxygen atoms in total. The summed E-state index contributed by atoms with van der Waals surface area (Å²) in [5, 5.41) is 9.28. The predicted octanol–water partition coefficient (Wildman–Crippen LogP) is 2.75. The molecule has 1 aliphatic rings. The number of likely N-dealkylation sites (N-methyl/N-ethyl adjacent to an activating group) is 1. The third-order valence-corrected chi connectivity index (χ3v) is 4.01. The molecule has 1 aliphatic carbocycles. The van der Waals surface area contributed by atoms with E-state index in [0.717, 1.165) is 25.3 Å². The number of nitrogens with zero attached hydrogens (tertiary/aromatic N) is 1. The predicted molar refractivity (Wildman–Crippen MR) is 65.5 cm³/mol. The molecule has 1 fully saturated rings. The smallest absolute Gasteiger partial charge is 0.323 e. The Balaban J connectivity index is 2.71. The molecule has 1 rings (SSSR count). The van der Waals surface area contributed by atoms with E-state index in [1.807, 2.05) is 13.8 Å². The fraction of sp³-hybridized carbons (Fsp3) is 0.923. The van der Waals surface area contributed by atoms with Gasteiger partial charge >= 0.3 is 5.97 Å². The molecular formula is C13H25NO2. The van der Waals surface area contributed by atoms with Gasteiger partial charge in [0.15, 0.2) is 0 Å². The zero-order valence-corrected chi connectivity index (χ0v) is 11.0. The van der Waals surface area contributed by atoms with Gasteiger partial charge in [-0.1, -0.05) is 13.8 Å². The monoisotopic (exact) mass is 227 g/mol. The topological polar surface area (TPSA) is 40.5 Å². The van der Waals surface area contributed by atoms with Crippen LogP contribution in [-0.4, -0.2) is 34.1 Å². The third-order valence-electron chi connectivity index (χ3n) is 4.01. The first kappa shape index (κ1) is 13.5. The van der Waals surface area contributed by atoms with Crippen LogP contribution in [0, 0.1) is 5.92 Å². The van der Waals surface area contributed by atoms with Crippen LogP contribution >= 0.6 is 0 Å². The Morgan fingerprint density at radius 3 is 2.19 bits per heavy atom. The molecule has 0 atom stereocenters. The molecule has 0 saturated heterocycles. The molecule has 0 unspecified atom stereocenters. The lowest BCUT2D eigenvalue weighted by Gasteiger charge is -2.43.